The summed E-state index contributed by atoms with van der Waals surface area (Å²) >= 11 is 4.94. The van der Waals surface area contributed by atoms with E-state index in [0.717, 1.165) is 27.7 Å². The number of rotatable bonds is 3. The molecule has 1 saturated carbocycles. The van der Waals surface area contributed by atoms with Crippen LogP contribution in [0.25, 0.3) is 0 Å². The third-order valence-corrected chi connectivity index (χ3v) is 5.86. The number of fused-ring (bicyclic) bond motifs is 1. The molecule has 0 bridgehead atoms. The monoisotopic (exact) mass is 313 g/mol. The van der Waals surface area contributed by atoms with E-state index in [1.54, 1.807) is 11.3 Å². The number of ketones is 1. The minimum Gasteiger partial charge on any atom is -0.313 e. The molecule has 0 aromatic carbocycles. The number of thiophene rings is 1. The van der Waals surface area contributed by atoms with Gasteiger partial charge in [-0.15, -0.1) is 11.3 Å². The van der Waals surface area contributed by atoms with Crippen molar-refractivity contribution in [3.8, 4) is 0 Å². The third kappa shape index (κ3) is 2.35. The molecule has 3 unspecified atom stereocenters. The van der Waals surface area contributed by atoms with E-state index < -0.39 is 0 Å². The fourth-order valence-corrected chi connectivity index (χ4v) is 4.66. The second-order valence-electron chi connectivity index (χ2n) is 5.13. The number of nitrogens with one attached hydrogen (secondary N) is 1. The highest BCUT2D eigenvalue weighted by molar-refractivity contribution is 9.10. The average Bonchev–Trinajstić information content (AvgIpc) is 2.96. The van der Waals surface area contributed by atoms with Crippen LogP contribution in [0.5, 0.6) is 0 Å². The Balaban J connectivity index is 1.65. The van der Waals surface area contributed by atoms with E-state index in [2.05, 4.69) is 21.2 Å². The van der Waals surface area contributed by atoms with Gasteiger partial charge in [-0.25, -0.2) is 0 Å². The zero-order valence-electron chi connectivity index (χ0n) is 9.62. The van der Waals surface area contributed by atoms with E-state index in [-0.39, 0.29) is 0 Å². The van der Waals surface area contributed by atoms with Crippen molar-refractivity contribution in [3.63, 3.8) is 0 Å². The van der Waals surface area contributed by atoms with Gasteiger partial charge in [0.05, 0.1) is 4.88 Å². The third-order valence-electron chi connectivity index (χ3n) is 4.12. The molecule has 3 rings (SSSR count). The quantitative estimate of drug-likeness (QED) is 0.866. The first-order valence-electron chi connectivity index (χ1n) is 6.24. The number of halogens is 1. The van der Waals surface area contributed by atoms with Crippen LogP contribution < -0.4 is 5.32 Å². The van der Waals surface area contributed by atoms with Crippen molar-refractivity contribution in [2.75, 3.05) is 6.54 Å². The van der Waals surface area contributed by atoms with Crippen molar-refractivity contribution < 1.29 is 4.79 Å². The van der Waals surface area contributed by atoms with E-state index in [9.17, 15) is 4.79 Å². The van der Waals surface area contributed by atoms with Crippen LogP contribution in [0, 0.1) is 11.8 Å². The first kappa shape index (κ1) is 11.9. The van der Waals surface area contributed by atoms with Gasteiger partial charge >= 0.3 is 0 Å². The van der Waals surface area contributed by atoms with Crippen LogP contribution in [-0.4, -0.2) is 18.4 Å². The number of hydrogen-bond donors (Lipinski definition) is 1. The van der Waals surface area contributed by atoms with Gasteiger partial charge in [-0.05, 0) is 53.2 Å². The van der Waals surface area contributed by atoms with Gasteiger partial charge in [0.2, 0.25) is 0 Å². The van der Waals surface area contributed by atoms with Gasteiger partial charge in [-0.3, -0.25) is 4.79 Å². The molecule has 2 aliphatic rings. The highest BCUT2D eigenvalue weighted by atomic mass is 79.9. The van der Waals surface area contributed by atoms with Crippen LogP contribution in [0.4, 0.5) is 0 Å². The van der Waals surface area contributed by atoms with Crippen molar-refractivity contribution in [1.29, 1.82) is 0 Å². The summed E-state index contributed by atoms with van der Waals surface area (Å²) in [5.74, 6) is 1.89. The first-order valence-corrected chi connectivity index (χ1v) is 7.92. The number of carbonyl (C=O) groups excluding carboxylic acids is 1. The summed E-state index contributed by atoms with van der Waals surface area (Å²) < 4.78 is 1.02. The summed E-state index contributed by atoms with van der Waals surface area (Å²) in [5, 5.41) is 5.52. The molecule has 17 heavy (non-hydrogen) atoms. The molecular weight excluding hydrogens is 298 g/mol. The Morgan fingerprint density at radius 1 is 1.53 bits per heavy atom. The van der Waals surface area contributed by atoms with Crippen molar-refractivity contribution >= 4 is 33.0 Å². The molecule has 0 spiro atoms. The van der Waals surface area contributed by atoms with Crippen LogP contribution in [0.15, 0.2) is 15.9 Å². The van der Waals surface area contributed by atoms with Gasteiger partial charge < -0.3 is 5.32 Å². The molecule has 3 atom stereocenters. The smallest absolute Gasteiger partial charge is 0.174 e. The summed E-state index contributed by atoms with van der Waals surface area (Å²) in [6, 6.07) is 2.37. The molecule has 92 valence electrons. The van der Waals surface area contributed by atoms with Crippen LogP contribution in [0.2, 0.25) is 0 Å². The Kier molecular flexibility index (Phi) is 3.37. The predicted molar refractivity (Wildman–Crippen MR) is 73.6 cm³/mol. The summed E-state index contributed by atoms with van der Waals surface area (Å²) in [6.45, 7) is 1.12. The zero-order valence-corrected chi connectivity index (χ0v) is 12.0. The normalized spacial score (nSPS) is 31.7. The molecule has 1 aromatic rings. The van der Waals surface area contributed by atoms with Crippen LogP contribution >= 0.6 is 27.3 Å². The zero-order chi connectivity index (χ0) is 11.8. The first-order chi connectivity index (χ1) is 8.24. The van der Waals surface area contributed by atoms with E-state index in [1.807, 2.05) is 11.4 Å². The molecule has 4 heteroatoms. The second-order valence-corrected chi connectivity index (χ2v) is 6.95. The maximum absolute atomic E-state index is 12.2. The summed E-state index contributed by atoms with van der Waals surface area (Å²) in [5.41, 5.74) is 0. The predicted octanol–water partition coefficient (Wildman–Crippen LogP) is 3.47. The SMILES string of the molecule is O=C(CC1NCC2CCCC21)c1cc(Br)cs1. The maximum Gasteiger partial charge on any atom is 0.174 e. The highest BCUT2D eigenvalue weighted by Crippen LogP contribution is 2.39. The molecule has 1 aliphatic carbocycles. The molecule has 0 amide bonds. The molecule has 1 N–H and O–H groups in total. The Hall–Kier alpha value is -0.190. The summed E-state index contributed by atoms with van der Waals surface area (Å²) in [4.78, 5) is 13.0. The number of carbonyl (C=O) groups is 1. The average molecular weight is 314 g/mol. The highest BCUT2D eigenvalue weighted by Gasteiger charge is 2.39. The lowest BCUT2D eigenvalue weighted by molar-refractivity contribution is 0.0967. The van der Waals surface area contributed by atoms with E-state index in [1.165, 1.54) is 19.3 Å². The van der Waals surface area contributed by atoms with Gasteiger partial charge in [-0.2, -0.15) is 0 Å². The molecule has 1 aromatic heterocycles. The largest absolute Gasteiger partial charge is 0.313 e. The van der Waals surface area contributed by atoms with Crippen LogP contribution in [0.3, 0.4) is 0 Å². The number of Topliss-reactive ketones (excluding diaryl/α,β-unsaturated/α-hetero) is 1. The second kappa shape index (κ2) is 4.82. The van der Waals surface area contributed by atoms with Crippen molar-refractivity contribution in [2.45, 2.75) is 31.7 Å². The van der Waals surface area contributed by atoms with Gasteiger partial charge in [-0.1, -0.05) is 6.42 Å². The lowest BCUT2D eigenvalue weighted by Gasteiger charge is -2.16. The summed E-state index contributed by atoms with van der Waals surface area (Å²) in [7, 11) is 0. The Labute approximate surface area is 114 Å². The molecule has 0 radical (unpaired) electrons. The molecule has 1 saturated heterocycles. The topological polar surface area (TPSA) is 29.1 Å². The fourth-order valence-electron chi connectivity index (χ4n) is 3.29. The van der Waals surface area contributed by atoms with Crippen LogP contribution in [-0.2, 0) is 0 Å². The van der Waals surface area contributed by atoms with Gasteiger partial charge in [0.25, 0.3) is 0 Å². The van der Waals surface area contributed by atoms with Gasteiger partial charge in [0.15, 0.2) is 5.78 Å². The standard InChI is InChI=1S/C13H16BrNOS/c14-9-4-13(17-7-9)12(16)5-11-10-3-1-2-8(10)6-15-11/h4,7-8,10-11,15H,1-3,5-6H2. The maximum atomic E-state index is 12.2. The van der Waals surface area contributed by atoms with Crippen molar-refractivity contribution in [2.24, 2.45) is 11.8 Å². The molecule has 2 nitrogen and oxygen atoms in total. The Morgan fingerprint density at radius 3 is 3.18 bits per heavy atom. The molecular formula is C13H16BrNOS. The van der Waals surface area contributed by atoms with Crippen molar-refractivity contribution in [3.05, 3.63) is 20.8 Å². The minimum atomic E-state index is 0.297. The molecule has 2 heterocycles. The Bertz CT molecular complexity index is 431. The van der Waals surface area contributed by atoms with E-state index in [4.69, 9.17) is 0 Å². The minimum absolute atomic E-state index is 0.297. The van der Waals surface area contributed by atoms with E-state index >= 15 is 0 Å². The summed E-state index contributed by atoms with van der Waals surface area (Å²) in [6.07, 6.45) is 4.69. The number of hydrogen-bond acceptors (Lipinski definition) is 3. The molecule has 1 aliphatic heterocycles. The van der Waals surface area contributed by atoms with Gasteiger partial charge in [0.1, 0.15) is 0 Å². The van der Waals surface area contributed by atoms with Gasteiger partial charge in [0, 0.05) is 22.3 Å². The van der Waals surface area contributed by atoms with E-state index in [0.29, 0.717) is 18.2 Å². The molecule has 2 fully saturated rings. The Morgan fingerprint density at radius 2 is 2.41 bits per heavy atom. The van der Waals surface area contributed by atoms with Crippen LogP contribution in [0.1, 0.15) is 35.4 Å². The lowest BCUT2D eigenvalue weighted by Crippen LogP contribution is -2.29. The fraction of sp³-hybridized carbons (Fsp3) is 0.615. The lowest BCUT2D eigenvalue weighted by atomic mass is 9.91. The van der Waals surface area contributed by atoms with Crippen molar-refractivity contribution in [1.82, 2.24) is 5.32 Å².